The topological polar surface area (TPSA) is 42.7 Å². The number of hydrogen-bond acceptors (Lipinski definition) is 3. The molecule has 0 fully saturated rings. The molecule has 1 unspecified atom stereocenters. The normalized spacial score (nSPS) is 12.7. The van der Waals surface area contributed by atoms with Gasteiger partial charge in [-0.2, -0.15) is 5.10 Å². The van der Waals surface area contributed by atoms with Crippen molar-refractivity contribution in [3.8, 4) is 0 Å². The average Bonchev–Trinajstić information content (AvgIpc) is 2.63. The molecule has 0 aliphatic heterocycles. The van der Waals surface area contributed by atoms with Gasteiger partial charge in [-0.1, -0.05) is 18.5 Å². The summed E-state index contributed by atoms with van der Waals surface area (Å²) in [5.74, 6) is 0. The maximum atomic E-state index is 6.38. The van der Waals surface area contributed by atoms with Crippen LogP contribution >= 0.6 is 11.6 Å². The van der Waals surface area contributed by atoms with E-state index in [9.17, 15) is 0 Å². The van der Waals surface area contributed by atoms with Crippen LogP contribution < -0.4 is 5.32 Å². The first-order valence-corrected chi connectivity index (χ1v) is 7.66. The first-order valence-electron chi connectivity index (χ1n) is 7.29. The number of hydrogen-bond donors (Lipinski definition) is 1. The lowest BCUT2D eigenvalue weighted by molar-refractivity contribution is 0.527. The molecule has 4 nitrogen and oxygen atoms in total. The van der Waals surface area contributed by atoms with Gasteiger partial charge in [-0.15, -0.1) is 0 Å². The predicted molar refractivity (Wildman–Crippen MR) is 86.8 cm³/mol. The van der Waals surface area contributed by atoms with Crippen molar-refractivity contribution in [2.45, 2.75) is 40.2 Å². The Morgan fingerprint density at radius 3 is 2.33 bits per heavy atom. The van der Waals surface area contributed by atoms with Crippen LogP contribution in [0.25, 0.3) is 0 Å². The van der Waals surface area contributed by atoms with Crippen molar-refractivity contribution in [1.29, 1.82) is 0 Å². The minimum Gasteiger partial charge on any atom is -0.310 e. The molecule has 1 atom stereocenters. The van der Waals surface area contributed by atoms with E-state index in [1.165, 1.54) is 5.56 Å². The Balaban J connectivity index is 2.35. The van der Waals surface area contributed by atoms with E-state index in [2.05, 4.69) is 34.5 Å². The monoisotopic (exact) mass is 306 g/mol. The smallest absolute Gasteiger partial charge is 0.0847 e. The van der Waals surface area contributed by atoms with Crippen molar-refractivity contribution in [3.05, 3.63) is 45.5 Å². The highest BCUT2D eigenvalue weighted by molar-refractivity contribution is 6.31. The standard InChI is InChI=1S/C16H23ClN4/c1-6-18-14(13-7-10(2)19-11(3)8-13)9-15-16(17)12(4)20-21(15)5/h7-8,14,18H,6,9H2,1-5H3. The third-order valence-corrected chi connectivity index (χ3v) is 4.11. The van der Waals surface area contributed by atoms with Crippen LogP contribution in [0.4, 0.5) is 0 Å². The SMILES string of the molecule is CCNC(Cc1c(Cl)c(C)nn1C)c1cc(C)nc(C)c1. The van der Waals surface area contributed by atoms with Gasteiger partial charge in [0, 0.05) is 30.9 Å². The third kappa shape index (κ3) is 3.63. The molecule has 5 heteroatoms. The summed E-state index contributed by atoms with van der Waals surface area (Å²) in [6.45, 7) is 9.01. The summed E-state index contributed by atoms with van der Waals surface area (Å²) in [6, 6.07) is 4.48. The predicted octanol–water partition coefficient (Wildman–Crippen LogP) is 3.29. The fraction of sp³-hybridized carbons (Fsp3) is 0.500. The van der Waals surface area contributed by atoms with E-state index in [-0.39, 0.29) is 6.04 Å². The molecule has 0 amide bonds. The molecule has 0 saturated heterocycles. The van der Waals surface area contributed by atoms with E-state index in [1.54, 1.807) is 0 Å². The van der Waals surface area contributed by atoms with Gasteiger partial charge in [0.1, 0.15) is 0 Å². The Morgan fingerprint density at radius 1 is 1.24 bits per heavy atom. The number of rotatable bonds is 5. The van der Waals surface area contributed by atoms with Crippen LogP contribution in [-0.4, -0.2) is 21.3 Å². The van der Waals surface area contributed by atoms with Crippen LogP contribution in [0.15, 0.2) is 12.1 Å². The van der Waals surface area contributed by atoms with Crippen LogP contribution in [-0.2, 0) is 13.5 Å². The molecule has 0 aliphatic rings. The molecule has 1 N–H and O–H groups in total. The molecule has 2 aromatic rings. The second-order valence-corrected chi connectivity index (χ2v) is 5.85. The van der Waals surface area contributed by atoms with Crippen molar-refractivity contribution >= 4 is 11.6 Å². The van der Waals surface area contributed by atoms with E-state index >= 15 is 0 Å². The zero-order chi connectivity index (χ0) is 15.6. The lowest BCUT2D eigenvalue weighted by Crippen LogP contribution is -2.24. The Morgan fingerprint density at radius 2 is 1.86 bits per heavy atom. The number of nitrogens with zero attached hydrogens (tertiary/aromatic N) is 3. The number of nitrogens with one attached hydrogen (secondary N) is 1. The lowest BCUT2D eigenvalue weighted by Gasteiger charge is -2.19. The molecular weight excluding hydrogens is 284 g/mol. The number of aryl methyl sites for hydroxylation is 4. The zero-order valence-corrected chi connectivity index (χ0v) is 14.1. The van der Waals surface area contributed by atoms with Gasteiger partial charge in [0.05, 0.1) is 16.4 Å². The number of likely N-dealkylation sites (N-methyl/N-ethyl adjacent to an activating group) is 1. The Hall–Kier alpha value is -1.39. The van der Waals surface area contributed by atoms with Crippen LogP contribution in [0.3, 0.4) is 0 Å². The highest BCUT2D eigenvalue weighted by Gasteiger charge is 2.18. The summed E-state index contributed by atoms with van der Waals surface area (Å²) in [5, 5.41) is 8.70. The quantitative estimate of drug-likeness (QED) is 0.922. The number of halogens is 1. The summed E-state index contributed by atoms with van der Waals surface area (Å²) in [4.78, 5) is 4.45. The van der Waals surface area contributed by atoms with E-state index in [0.29, 0.717) is 0 Å². The van der Waals surface area contributed by atoms with Crippen molar-refractivity contribution in [1.82, 2.24) is 20.1 Å². The lowest BCUT2D eigenvalue weighted by atomic mass is 10.0. The first-order chi connectivity index (χ1) is 9.92. The molecule has 0 aromatic carbocycles. The Kier molecular flexibility index (Phi) is 5.01. The van der Waals surface area contributed by atoms with Crippen molar-refractivity contribution < 1.29 is 0 Å². The van der Waals surface area contributed by atoms with E-state index in [4.69, 9.17) is 11.6 Å². The molecule has 2 rings (SSSR count). The van der Waals surface area contributed by atoms with Crippen LogP contribution in [0, 0.1) is 20.8 Å². The minimum absolute atomic E-state index is 0.211. The molecule has 2 aromatic heterocycles. The van der Waals surface area contributed by atoms with Gasteiger partial charge in [-0.3, -0.25) is 9.67 Å². The molecule has 0 bridgehead atoms. The first kappa shape index (κ1) is 16.0. The third-order valence-electron chi connectivity index (χ3n) is 3.62. The minimum atomic E-state index is 0.211. The average molecular weight is 307 g/mol. The molecule has 114 valence electrons. The van der Waals surface area contributed by atoms with Crippen LogP contribution in [0.1, 0.15) is 41.3 Å². The maximum absolute atomic E-state index is 6.38. The van der Waals surface area contributed by atoms with Crippen LogP contribution in [0.2, 0.25) is 5.02 Å². The van der Waals surface area contributed by atoms with Gasteiger partial charge >= 0.3 is 0 Å². The van der Waals surface area contributed by atoms with Crippen molar-refractivity contribution in [3.63, 3.8) is 0 Å². The molecule has 0 saturated carbocycles. The molecule has 21 heavy (non-hydrogen) atoms. The molecule has 0 aliphatic carbocycles. The molecule has 2 heterocycles. The molecule has 0 spiro atoms. The highest BCUT2D eigenvalue weighted by Crippen LogP contribution is 2.26. The summed E-state index contributed by atoms with van der Waals surface area (Å²) < 4.78 is 1.88. The van der Waals surface area contributed by atoms with E-state index < -0.39 is 0 Å². The zero-order valence-electron chi connectivity index (χ0n) is 13.4. The Labute approximate surface area is 131 Å². The summed E-state index contributed by atoms with van der Waals surface area (Å²) in [5.41, 5.74) is 5.27. The molecular formula is C16H23ClN4. The second-order valence-electron chi connectivity index (χ2n) is 5.47. The maximum Gasteiger partial charge on any atom is 0.0847 e. The van der Waals surface area contributed by atoms with E-state index in [0.717, 1.165) is 40.8 Å². The van der Waals surface area contributed by atoms with Gasteiger partial charge in [-0.25, -0.2) is 0 Å². The fourth-order valence-electron chi connectivity index (χ4n) is 2.72. The fourth-order valence-corrected chi connectivity index (χ4v) is 2.95. The number of aromatic nitrogens is 3. The van der Waals surface area contributed by atoms with Gasteiger partial charge in [0.15, 0.2) is 0 Å². The summed E-state index contributed by atoms with van der Waals surface area (Å²) in [7, 11) is 1.94. The van der Waals surface area contributed by atoms with Gasteiger partial charge in [-0.05, 0) is 45.0 Å². The Bertz CT molecular complexity index is 613. The number of pyridine rings is 1. The van der Waals surface area contributed by atoms with Crippen LogP contribution in [0.5, 0.6) is 0 Å². The van der Waals surface area contributed by atoms with Gasteiger partial charge < -0.3 is 5.32 Å². The second kappa shape index (κ2) is 6.58. The summed E-state index contributed by atoms with van der Waals surface area (Å²) in [6.07, 6.45) is 0.812. The van der Waals surface area contributed by atoms with Gasteiger partial charge in [0.2, 0.25) is 0 Å². The van der Waals surface area contributed by atoms with E-state index in [1.807, 2.05) is 32.5 Å². The van der Waals surface area contributed by atoms with Crippen molar-refractivity contribution in [2.24, 2.45) is 7.05 Å². The van der Waals surface area contributed by atoms with Gasteiger partial charge in [0.25, 0.3) is 0 Å². The highest BCUT2D eigenvalue weighted by atomic mass is 35.5. The molecule has 0 radical (unpaired) electrons. The summed E-state index contributed by atoms with van der Waals surface area (Å²) >= 11 is 6.38. The van der Waals surface area contributed by atoms with Crippen molar-refractivity contribution in [2.75, 3.05) is 6.54 Å². The largest absolute Gasteiger partial charge is 0.310 e.